The van der Waals surface area contributed by atoms with Gasteiger partial charge in [-0.3, -0.25) is 0 Å². The molecule has 4 nitrogen and oxygen atoms in total. The molecule has 0 aromatic carbocycles. The van der Waals surface area contributed by atoms with Crippen LogP contribution in [0.15, 0.2) is 17.8 Å². The zero-order valence-electron chi connectivity index (χ0n) is 11.4. The Morgan fingerprint density at radius 2 is 2.15 bits per heavy atom. The van der Waals surface area contributed by atoms with E-state index in [1.54, 1.807) is 11.3 Å². The van der Waals surface area contributed by atoms with Crippen molar-refractivity contribution in [3.05, 3.63) is 39.7 Å². The Hall–Kier alpha value is -1.46. The first kappa shape index (κ1) is 13.5. The quantitative estimate of drug-likeness (QED) is 0.694. The Balaban J connectivity index is 2.14. The average molecular weight is 307 g/mol. The molecular weight excluding hydrogens is 292 g/mol. The van der Waals surface area contributed by atoms with Crippen molar-refractivity contribution in [1.82, 2.24) is 19.5 Å². The molecule has 3 aromatic heterocycles. The zero-order chi connectivity index (χ0) is 14.1. The highest BCUT2D eigenvalue weighted by molar-refractivity contribution is 7.09. The second-order valence-corrected chi connectivity index (χ2v) is 6.03. The maximum atomic E-state index is 5.91. The second-order valence-electron chi connectivity index (χ2n) is 4.71. The lowest BCUT2D eigenvalue weighted by Crippen LogP contribution is -2.06. The van der Waals surface area contributed by atoms with E-state index in [1.807, 2.05) is 24.7 Å². The number of rotatable bonds is 4. The molecule has 3 rings (SSSR count). The van der Waals surface area contributed by atoms with Gasteiger partial charge in [0.15, 0.2) is 5.65 Å². The van der Waals surface area contributed by atoms with Gasteiger partial charge in [-0.2, -0.15) is 0 Å². The molecular formula is C14H15ClN4S. The minimum absolute atomic E-state index is 0.560. The number of hydrogen-bond donors (Lipinski definition) is 0. The normalized spacial score (nSPS) is 11.3. The van der Waals surface area contributed by atoms with Gasteiger partial charge in [0, 0.05) is 23.4 Å². The molecule has 0 saturated heterocycles. The first-order valence-corrected chi connectivity index (χ1v) is 7.87. The van der Waals surface area contributed by atoms with Gasteiger partial charge in [0.1, 0.15) is 11.3 Å². The van der Waals surface area contributed by atoms with Crippen molar-refractivity contribution in [2.45, 2.75) is 26.8 Å². The zero-order valence-corrected chi connectivity index (χ0v) is 13.0. The fraction of sp³-hybridized carbons (Fsp3) is 0.357. The highest BCUT2D eigenvalue weighted by Crippen LogP contribution is 2.22. The van der Waals surface area contributed by atoms with Crippen LogP contribution < -0.4 is 0 Å². The molecule has 0 aliphatic rings. The van der Waals surface area contributed by atoms with E-state index in [4.69, 9.17) is 16.6 Å². The molecule has 0 bridgehead atoms. The molecule has 0 amide bonds. The van der Waals surface area contributed by atoms with Gasteiger partial charge in [0.05, 0.1) is 17.7 Å². The van der Waals surface area contributed by atoms with Gasteiger partial charge < -0.3 is 4.57 Å². The standard InChI is InChI=1S/C14H15ClN4S/c1-9-4-6-16-14-13(9)18-12(3-5-15)19(14)7-11-10(2)17-8-20-11/h4,6,8H,3,5,7H2,1-2H3. The van der Waals surface area contributed by atoms with Crippen LogP contribution in [0.5, 0.6) is 0 Å². The lowest BCUT2D eigenvalue weighted by Gasteiger charge is -2.07. The Bertz CT molecular complexity index is 747. The molecule has 20 heavy (non-hydrogen) atoms. The van der Waals surface area contributed by atoms with Crippen LogP contribution in [0.25, 0.3) is 11.2 Å². The van der Waals surface area contributed by atoms with E-state index in [-0.39, 0.29) is 0 Å². The third-order valence-corrected chi connectivity index (χ3v) is 4.49. The number of aromatic nitrogens is 4. The average Bonchev–Trinajstić information content (AvgIpc) is 2.98. The van der Waals surface area contributed by atoms with E-state index in [0.29, 0.717) is 5.88 Å². The Morgan fingerprint density at radius 3 is 2.85 bits per heavy atom. The van der Waals surface area contributed by atoms with E-state index in [2.05, 4.69) is 21.5 Å². The summed E-state index contributed by atoms with van der Waals surface area (Å²) in [5.41, 5.74) is 5.99. The molecule has 0 saturated carbocycles. The number of thiazole rings is 1. The molecule has 0 atom stereocenters. The summed E-state index contributed by atoms with van der Waals surface area (Å²) in [7, 11) is 0. The summed E-state index contributed by atoms with van der Waals surface area (Å²) >= 11 is 7.57. The van der Waals surface area contributed by atoms with Crippen molar-refractivity contribution in [2.75, 3.05) is 5.88 Å². The molecule has 3 aromatic rings. The largest absolute Gasteiger partial charge is 0.307 e. The first-order chi connectivity index (χ1) is 9.70. The van der Waals surface area contributed by atoms with Crippen molar-refractivity contribution < 1.29 is 0 Å². The SMILES string of the molecule is Cc1ncsc1Cn1c(CCCl)nc2c(C)ccnc21. The van der Waals surface area contributed by atoms with Crippen molar-refractivity contribution in [2.24, 2.45) is 0 Å². The smallest absolute Gasteiger partial charge is 0.160 e. The third-order valence-electron chi connectivity index (χ3n) is 3.38. The number of alkyl halides is 1. The van der Waals surface area contributed by atoms with Crippen LogP contribution in [0, 0.1) is 13.8 Å². The molecule has 0 N–H and O–H groups in total. The van der Waals surface area contributed by atoms with Gasteiger partial charge in [-0.1, -0.05) is 0 Å². The molecule has 0 radical (unpaired) electrons. The van der Waals surface area contributed by atoms with Crippen LogP contribution in [0.3, 0.4) is 0 Å². The number of nitrogens with zero attached hydrogens (tertiary/aromatic N) is 4. The number of imidazole rings is 1. The number of fused-ring (bicyclic) bond motifs is 1. The number of halogens is 1. The van der Waals surface area contributed by atoms with Crippen LogP contribution in [0.4, 0.5) is 0 Å². The molecule has 6 heteroatoms. The van der Waals surface area contributed by atoms with Crippen LogP contribution in [-0.4, -0.2) is 25.4 Å². The minimum atomic E-state index is 0.560. The van der Waals surface area contributed by atoms with E-state index in [9.17, 15) is 0 Å². The van der Waals surface area contributed by atoms with Gasteiger partial charge in [0.2, 0.25) is 0 Å². The van der Waals surface area contributed by atoms with Gasteiger partial charge in [-0.15, -0.1) is 22.9 Å². The maximum Gasteiger partial charge on any atom is 0.160 e. The molecule has 0 aliphatic heterocycles. The minimum Gasteiger partial charge on any atom is -0.307 e. The number of aryl methyl sites for hydroxylation is 3. The van der Waals surface area contributed by atoms with Crippen molar-refractivity contribution in [3.8, 4) is 0 Å². The predicted octanol–water partition coefficient (Wildman–Crippen LogP) is 3.33. The summed E-state index contributed by atoms with van der Waals surface area (Å²) in [6.45, 7) is 4.85. The van der Waals surface area contributed by atoms with Crippen LogP contribution in [0.2, 0.25) is 0 Å². The van der Waals surface area contributed by atoms with Crippen LogP contribution >= 0.6 is 22.9 Å². The summed E-state index contributed by atoms with van der Waals surface area (Å²) in [6.07, 6.45) is 2.58. The van der Waals surface area contributed by atoms with Crippen LogP contribution in [-0.2, 0) is 13.0 Å². The fourth-order valence-electron chi connectivity index (χ4n) is 2.25. The fourth-order valence-corrected chi connectivity index (χ4v) is 3.18. The van der Waals surface area contributed by atoms with E-state index in [1.165, 1.54) is 4.88 Å². The van der Waals surface area contributed by atoms with Crippen molar-refractivity contribution in [1.29, 1.82) is 0 Å². The number of hydrogen-bond acceptors (Lipinski definition) is 4. The lowest BCUT2D eigenvalue weighted by molar-refractivity contribution is 0.751. The topological polar surface area (TPSA) is 43.6 Å². The van der Waals surface area contributed by atoms with E-state index in [0.717, 1.165) is 41.2 Å². The molecule has 0 aliphatic carbocycles. The molecule has 0 fully saturated rings. The third kappa shape index (κ3) is 2.31. The van der Waals surface area contributed by atoms with Crippen molar-refractivity contribution >= 4 is 34.1 Å². The van der Waals surface area contributed by atoms with Crippen molar-refractivity contribution in [3.63, 3.8) is 0 Å². The lowest BCUT2D eigenvalue weighted by atomic mass is 10.3. The van der Waals surface area contributed by atoms with Gasteiger partial charge in [-0.25, -0.2) is 15.0 Å². The Labute approximate surface area is 126 Å². The highest BCUT2D eigenvalue weighted by atomic mass is 35.5. The summed E-state index contributed by atoms with van der Waals surface area (Å²) < 4.78 is 2.16. The summed E-state index contributed by atoms with van der Waals surface area (Å²) in [5, 5.41) is 0. The summed E-state index contributed by atoms with van der Waals surface area (Å²) in [6, 6.07) is 1.99. The van der Waals surface area contributed by atoms with Gasteiger partial charge >= 0.3 is 0 Å². The molecule has 104 valence electrons. The van der Waals surface area contributed by atoms with Gasteiger partial charge in [-0.05, 0) is 25.5 Å². The van der Waals surface area contributed by atoms with E-state index < -0.39 is 0 Å². The summed E-state index contributed by atoms with van der Waals surface area (Å²) in [5.74, 6) is 1.55. The molecule has 3 heterocycles. The molecule has 0 unspecified atom stereocenters. The second kappa shape index (κ2) is 5.50. The Kier molecular flexibility index (Phi) is 3.72. The summed E-state index contributed by atoms with van der Waals surface area (Å²) in [4.78, 5) is 14.8. The number of pyridine rings is 1. The maximum absolute atomic E-state index is 5.91. The predicted molar refractivity (Wildman–Crippen MR) is 82.6 cm³/mol. The van der Waals surface area contributed by atoms with E-state index >= 15 is 0 Å². The Morgan fingerprint density at radius 1 is 1.30 bits per heavy atom. The molecule has 0 spiro atoms. The highest BCUT2D eigenvalue weighted by Gasteiger charge is 2.14. The first-order valence-electron chi connectivity index (χ1n) is 6.46. The van der Waals surface area contributed by atoms with Gasteiger partial charge in [0.25, 0.3) is 0 Å². The van der Waals surface area contributed by atoms with Crippen LogP contribution in [0.1, 0.15) is 22.0 Å². The monoisotopic (exact) mass is 306 g/mol.